The molecular formula is C16H21N3OS. The van der Waals surface area contributed by atoms with Gasteiger partial charge in [0.1, 0.15) is 10.7 Å². The fourth-order valence-corrected chi connectivity index (χ4v) is 2.71. The van der Waals surface area contributed by atoms with Crippen molar-refractivity contribution in [3.05, 3.63) is 45.9 Å². The van der Waals surface area contributed by atoms with Gasteiger partial charge in [-0.15, -0.1) is 11.3 Å². The molecule has 1 amide bonds. The standard InChI is InChI=1S/C16H21N3OS/c1-3-4-5-12-6-8-13(9-7-12)19(2)16(20)14-11-21-15(10-17)18-14/h6-9,11H,3-5,10,17H2,1-2H3. The topological polar surface area (TPSA) is 59.2 Å². The second kappa shape index (κ2) is 7.33. The molecule has 5 heteroatoms. The zero-order valence-corrected chi connectivity index (χ0v) is 13.3. The molecule has 0 saturated heterocycles. The highest BCUT2D eigenvalue weighted by atomic mass is 32.1. The predicted molar refractivity (Wildman–Crippen MR) is 87.8 cm³/mol. The van der Waals surface area contributed by atoms with E-state index in [-0.39, 0.29) is 5.91 Å². The van der Waals surface area contributed by atoms with Crippen molar-refractivity contribution >= 4 is 22.9 Å². The van der Waals surface area contributed by atoms with Crippen LogP contribution in [-0.4, -0.2) is 17.9 Å². The summed E-state index contributed by atoms with van der Waals surface area (Å²) >= 11 is 1.42. The Hall–Kier alpha value is -1.72. The maximum absolute atomic E-state index is 12.4. The van der Waals surface area contributed by atoms with Gasteiger partial charge in [-0.1, -0.05) is 25.5 Å². The summed E-state index contributed by atoms with van der Waals surface area (Å²) in [6, 6.07) is 8.14. The number of aryl methyl sites for hydroxylation is 1. The van der Waals surface area contributed by atoms with E-state index in [1.807, 2.05) is 12.1 Å². The van der Waals surface area contributed by atoms with Crippen molar-refractivity contribution in [1.82, 2.24) is 4.98 Å². The molecule has 112 valence electrons. The lowest BCUT2D eigenvalue weighted by atomic mass is 10.1. The van der Waals surface area contributed by atoms with Gasteiger partial charge in [-0.05, 0) is 30.5 Å². The van der Waals surface area contributed by atoms with Crippen molar-refractivity contribution in [2.45, 2.75) is 32.7 Å². The third-order valence-electron chi connectivity index (χ3n) is 3.39. The summed E-state index contributed by atoms with van der Waals surface area (Å²) in [4.78, 5) is 18.2. The fourth-order valence-electron chi connectivity index (χ4n) is 2.06. The van der Waals surface area contributed by atoms with Gasteiger partial charge in [-0.25, -0.2) is 4.98 Å². The number of aromatic nitrogens is 1. The Morgan fingerprint density at radius 3 is 2.62 bits per heavy atom. The summed E-state index contributed by atoms with van der Waals surface area (Å²) in [5.41, 5.74) is 8.17. The van der Waals surface area contributed by atoms with Crippen LogP contribution in [0.2, 0.25) is 0 Å². The van der Waals surface area contributed by atoms with E-state index in [4.69, 9.17) is 5.73 Å². The van der Waals surface area contributed by atoms with Crippen LogP contribution in [0.1, 0.15) is 40.8 Å². The van der Waals surface area contributed by atoms with Crippen molar-refractivity contribution in [2.75, 3.05) is 11.9 Å². The molecule has 0 aliphatic carbocycles. The highest BCUT2D eigenvalue weighted by Gasteiger charge is 2.16. The molecule has 0 bridgehead atoms. The Bertz CT molecular complexity index is 592. The molecule has 1 aromatic carbocycles. The Morgan fingerprint density at radius 1 is 1.33 bits per heavy atom. The summed E-state index contributed by atoms with van der Waals surface area (Å²) in [5, 5.41) is 2.54. The summed E-state index contributed by atoms with van der Waals surface area (Å²) in [6.45, 7) is 2.55. The van der Waals surface area contributed by atoms with Crippen molar-refractivity contribution in [3.63, 3.8) is 0 Å². The van der Waals surface area contributed by atoms with Gasteiger partial charge < -0.3 is 10.6 Å². The third kappa shape index (κ3) is 3.89. The first kappa shape index (κ1) is 15.7. The number of carbonyl (C=O) groups is 1. The first-order valence-electron chi connectivity index (χ1n) is 7.17. The van der Waals surface area contributed by atoms with Crippen LogP contribution in [0.25, 0.3) is 0 Å². The van der Waals surface area contributed by atoms with Crippen molar-refractivity contribution in [1.29, 1.82) is 0 Å². The number of anilines is 1. The molecule has 21 heavy (non-hydrogen) atoms. The van der Waals surface area contributed by atoms with Gasteiger partial charge in [-0.3, -0.25) is 4.79 Å². The molecule has 0 fully saturated rings. The number of unbranched alkanes of at least 4 members (excludes halogenated alkanes) is 1. The molecule has 4 nitrogen and oxygen atoms in total. The molecule has 0 aliphatic rings. The maximum Gasteiger partial charge on any atom is 0.277 e. The van der Waals surface area contributed by atoms with Crippen LogP contribution in [0.15, 0.2) is 29.6 Å². The lowest BCUT2D eigenvalue weighted by molar-refractivity contribution is 0.0989. The average Bonchev–Trinajstić information content (AvgIpc) is 3.01. The summed E-state index contributed by atoms with van der Waals surface area (Å²) in [5.74, 6) is -0.104. The Labute approximate surface area is 129 Å². The fraction of sp³-hybridized carbons (Fsp3) is 0.375. The minimum absolute atomic E-state index is 0.104. The van der Waals surface area contributed by atoms with E-state index in [1.165, 1.54) is 29.7 Å². The van der Waals surface area contributed by atoms with Crippen LogP contribution in [0.4, 0.5) is 5.69 Å². The minimum atomic E-state index is -0.104. The first-order valence-corrected chi connectivity index (χ1v) is 8.05. The van der Waals surface area contributed by atoms with Gasteiger partial charge in [0.25, 0.3) is 5.91 Å². The van der Waals surface area contributed by atoms with E-state index >= 15 is 0 Å². The zero-order chi connectivity index (χ0) is 15.2. The van der Waals surface area contributed by atoms with Crippen molar-refractivity contribution in [3.8, 4) is 0 Å². The van der Waals surface area contributed by atoms with Crippen LogP contribution in [0.5, 0.6) is 0 Å². The van der Waals surface area contributed by atoms with Gasteiger partial charge in [0, 0.05) is 24.7 Å². The van der Waals surface area contributed by atoms with Gasteiger partial charge in [-0.2, -0.15) is 0 Å². The molecule has 0 atom stereocenters. The molecule has 0 aliphatic heterocycles. The smallest absolute Gasteiger partial charge is 0.277 e. The number of nitrogens with zero attached hydrogens (tertiary/aromatic N) is 2. The van der Waals surface area contributed by atoms with E-state index < -0.39 is 0 Å². The second-order valence-electron chi connectivity index (χ2n) is 4.96. The van der Waals surface area contributed by atoms with Crippen LogP contribution >= 0.6 is 11.3 Å². The number of hydrogen-bond donors (Lipinski definition) is 1. The molecular weight excluding hydrogens is 282 g/mol. The average molecular weight is 303 g/mol. The maximum atomic E-state index is 12.4. The van der Waals surface area contributed by atoms with Gasteiger partial charge >= 0.3 is 0 Å². The first-order chi connectivity index (χ1) is 10.2. The highest BCUT2D eigenvalue weighted by Crippen LogP contribution is 2.18. The third-order valence-corrected chi connectivity index (χ3v) is 4.26. The van der Waals surface area contributed by atoms with Crippen LogP contribution in [-0.2, 0) is 13.0 Å². The van der Waals surface area contributed by atoms with Gasteiger partial charge in [0.15, 0.2) is 0 Å². The Balaban J connectivity index is 2.08. The van der Waals surface area contributed by atoms with Crippen molar-refractivity contribution < 1.29 is 4.79 Å². The quantitative estimate of drug-likeness (QED) is 0.891. The Kier molecular flexibility index (Phi) is 5.47. The highest BCUT2D eigenvalue weighted by molar-refractivity contribution is 7.09. The molecule has 1 aromatic heterocycles. The minimum Gasteiger partial charge on any atom is -0.325 e. The van der Waals surface area contributed by atoms with Crippen LogP contribution in [0, 0.1) is 0 Å². The van der Waals surface area contributed by atoms with E-state index in [0.29, 0.717) is 12.2 Å². The zero-order valence-electron chi connectivity index (χ0n) is 12.5. The van der Waals surface area contributed by atoms with Gasteiger partial charge in [0.05, 0.1) is 0 Å². The molecule has 2 aromatic rings. The number of carbonyl (C=O) groups excluding carboxylic acids is 1. The summed E-state index contributed by atoms with van der Waals surface area (Å²) in [6.07, 6.45) is 3.46. The lowest BCUT2D eigenvalue weighted by Crippen LogP contribution is -2.26. The van der Waals surface area contributed by atoms with Crippen molar-refractivity contribution in [2.24, 2.45) is 5.73 Å². The summed E-state index contributed by atoms with van der Waals surface area (Å²) < 4.78 is 0. The number of amides is 1. The largest absolute Gasteiger partial charge is 0.325 e. The number of thiazole rings is 1. The number of rotatable bonds is 6. The molecule has 0 spiro atoms. The lowest BCUT2D eigenvalue weighted by Gasteiger charge is -2.16. The van der Waals surface area contributed by atoms with Crippen LogP contribution < -0.4 is 10.6 Å². The molecule has 1 heterocycles. The number of benzene rings is 1. The number of nitrogens with two attached hydrogens (primary N) is 1. The molecule has 0 saturated carbocycles. The van der Waals surface area contributed by atoms with E-state index in [0.717, 1.165) is 17.1 Å². The van der Waals surface area contributed by atoms with E-state index in [9.17, 15) is 4.79 Å². The van der Waals surface area contributed by atoms with E-state index in [2.05, 4.69) is 24.0 Å². The molecule has 0 radical (unpaired) electrons. The molecule has 2 N–H and O–H groups in total. The predicted octanol–water partition coefficient (Wildman–Crippen LogP) is 3.22. The molecule has 2 rings (SSSR count). The summed E-state index contributed by atoms with van der Waals surface area (Å²) in [7, 11) is 1.77. The second-order valence-corrected chi connectivity index (χ2v) is 5.91. The SMILES string of the molecule is CCCCc1ccc(N(C)C(=O)c2csc(CN)n2)cc1. The number of hydrogen-bond acceptors (Lipinski definition) is 4. The monoisotopic (exact) mass is 303 g/mol. The Morgan fingerprint density at radius 2 is 2.05 bits per heavy atom. The van der Waals surface area contributed by atoms with Gasteiger partial charge in [0.2, 0.25) is 0 Å². The van der Waals surface area contributed by atoms with Crippen LogP contribution in [0.3, 0.4) is 0 Å². The van der Waals surface area contributed by atoms with E-state index in [1.54, 1.807) is 17.3 Å². The molecule has 0 unspecified atom stereocenters. The normalized spacial score (nSPS) is 10.6.